The highest BCUT2D eigenvalue weighted by molar-refractivity contribution is 5.78. The third-order valence-corrected chi connectivity index (χ3v) is 2.63. The van der Waals surface area contributed by atoms with Gasteiger partial charge in [-0.25, -0.2) is 0 Å². The predicted octanol–water partition coefficient (Wildman–Crippen LogP) is 3.74. The van der Waals surface area contributed by atoms with Crippen LogP contribution in [-0.4, -0.2) is 5.78 Å². The van der Waals surface area contributed by atoms with Gasteiger partial charge in [-0.3, -0.25) is 4.79 Å². The molecule has 0 saturated heterocycles. The Morgan fingerprint density at radius 1 is 1.31 bits per heavy atom. The van der Waals surface area contributed by atoms with Crippen molar-refractivity contribution in [2.75, 3.05) is 0 Å². The zero-order chi connectivity index (χ0) is 10.1. The van der Waals surface area contributed by atoms with Crippen LogP contribution in [0.4, 0.5) is 0 Å². The zero-order valence-corrected chi connectivity index (χ0v) is 8.85. The van der Waals surface area contributed by atoms with Crippen LogP contribution in [0.15, 0.2) is 13.2 Å². The van der Waals surface area contributed by atoms with Crippen LogP contribution in [0.3, 0.4) is 0 Å². The quantitative estimate of drug-likeness (QED) is 0.608. The molecule has 13 heavy (non-hydrogen) atoms. The van der Waals surface area contributed by atoms with Gasteiger partial charge in [0, 0.05) is 12.8 Å². The van der Waals surface area contributed by atoms with Gasteiger partial charge in [0.1, 0.15) is 5.78 Å². The SMILES string of the molecule is C=C.CCCCC1CCC(=O)CC1. The molecule has 0 atom stereocenters. The number of carbonyl (C=O) groups excluding carboxylic acids is 1. The maximum absolute atomic E-state index is 10.9. The zero-order valence-electron chi connectivity index (χ0n) is 8.85. The Kier molecular flexibility index (Phi) is 7.66. The van der Waals surface area contributed by atoms with Gasteiger partial charge in [0.2, 0.25) is 0 Å². The molecule has 76 valence electrons. The lowest BCUT2D eigenvalue weighted by atomic mass is 9.85. The second-order valence-electron chi connectivity index (χ2n) is 3.62. The molecule has 1 rings (SSSR count). The van der Waals surface area contributed by atoms with Gasteiger partial charge in [0.25, 0.3) is 0 Å². The average Bonchev–Trinajstić information content (AvgIpc) is 2.20. The first-order valence-corrected chi connectivity index (χ1v) is 5.34. The van der Waals surface area contributed by atoms with Crippen molar-refractivity contribution in [3.8, 4) is 0 Å². The van der Waals surface area contributed by atoms with Crippen molar-refractivity contribution in [1.82, 2.24) is 0 Å². The van der Waals surface area contributed by atoms with E-state index in [9.17, 15) is 4.79 Å². The summed E-state index contributed by atoms with van der Waals surface area (Å²) in [6.45, 7) is 8.23. The summed E-state index contributed by atoms with van der Waals surface area (Å²) in [5.41, 5.74) is 0. The Hall–Kier alpha value is -0.590. The smallest absolute Gasteiger partial charge is 0.132 e. The summed E-state index contributed by atoms with van der Waals surface area (Å²) in [4.78, 5) is 10.9. The number of ketones is 1. The number of rotatable bonds is 3. The van der Waals surface area contributed by atoms with E-state index >= 15 is 0 Å². The van der Waals surface area contributed by atoms with Gasteiger partial charge < -0.3 is 0 Å². The molecule has 1 heteroatoms. The Morgan fingerprint density at radius 2 is 1.85 bits per heavy atom. The second-order valence-corrected chi connectivity index (χ2v) is 3.62. The first-order chi connectivity index (χ1) is 6.33. The minimum atomic E-state index is 0.484. The fourth-order valence-electron chi connectivity index (χ4n) is 1.78. The summed E-state index contributed by atoms with van der Waals surface area (Å²) in [5.74, 6) is 1.35. The maximum atomic E-state index is 10.9. The molecule has 0 spiro atoms. The molecule has 0 aliphatic heterocycles. The largest absolute Gasteiger partial charge is 0.300 e. The van der Waals surface area contributed by atoms with E-state index in [-0.39, 0.29) is 0 Å². The molecule has 0 N–H and O–H groups in total. The number of hydrogen-bond acceptors (Lipinski definition) is 1. The number of carbonyl (C=O) groups is 1. The van der Waals surface area contributed by atoms with E-state index in [1.54, 1.807) is 0 Å². The van der Waals surface area contributed by atoms with Gasteiger partial charge >= 0.3 is 0 Å². The molecule has 1 saturated carbocycles. The molecule has 1 fully saturated rings. The molecule has 1 aliphatic carbocycles. The summed E-state index contributed by atoms with van der Waals surface area (Å²) in [5, 5.41) is 0. The minimum Gasteiger partial charge on any atom is -0.300 e. The third-order valence-electron chi connectivity index (χ3n) is 2.63. The lowest BCUT2D eigenvalue weighted by molar-refractivity contribution is -0.121. The number of hydrogen-bond donors (Lipinski definition) is 0. The lowest BCUT2D eigenvalue weighted by Crippen LogP contribution is -2.13. The van der Waals surface area contributed by atoms with Gasteiger partial charge in [-0.05, 0) is 18.8 Å². The van der Waals surface area contributed by atoms with Crippen molar-refractivity contribution in [1.29, 1.82) is 0 Å². The van der Waals surface area contributed by atoms with Crippen LogP contribution in [0.5, 0.6) is 0 Å². The van der Waals surface area contributed by atoms with Gasteiger partial charge in [-0.15, -0.1) is 13.2 Å². The molecule has 1 nitrogen and oxygen atoms in total. The van der Waals surface area contributed by atoms with E-state index < -0.39 is 0 Å². The molecular formula is C12H22O. The van der Waals surface area contributed by atoms with Crippen LogP contribution >= 0.6 is 0 Å². The highest BCUT2D eigenvalue weighted by Crippen LogP contribution is 2.25. The van der Waals surface area contributed by atoms with Crippen molar-refractivity contribution < 1.29 is 4.79 Å². The molecule has 0 aromatic heterocycles. The summed E-state index contributed by atoms with van der Waals surface area (Å²) >= 11 is 0. The maximum Gasteiger partial charge on any atom is 0.132 e. The second kappa shape index (κ2) is 8.03. The van der Waals surface area contributed by atoms with E-state index in [4.69, 9.17) is 0 Å². The summed E-state index contributed by atoms with van der Waals surface area (Å²) in [6.07, 6.45) is 8.04. The number of unbranched alkanes of at least 4 members (excludes halogenated alkanes) is 1. The summed E-state index contributed by atoms with van der Waals surface area (Å²) in [7, 11) is 0. The van der Waals surface area contributed by atoms with Crippen molar-refractivity contribution in [2.45, 2.75) is 51.9 Å². The van der Waals surface area contributed by atoms with Crippen LogP contribution in [0.2, 0.25) is 0 Å². The van der Waals surface area contributed by atoms with E-state index in [0.717, 1.165) is 18.8 Å². The topological polar surface area (TPSA) is 17.1 Å². The van der Waals surface area contributed by atoms with Crippen LogP contribution in [-0.2, 0) is 4.79 Å². The van der Waals surface area contributed by atoms with Crippen LogP contribution in [0.1, 0.15) is 51.9 Å². The standard InChI is InChI=1S/C10H18O.C2H4/c1-2-3-4-9-5-7-10(11)8-6-9;1-2/h9H,2-8H2,1H3;1-2H2. The number of Topliss-reactive ketones (excluding diaryl/α,β-unsaturated/α-hetero) is 1. The molecule has 0 aromatic carbocycles. The Labute approximate surface area is 82.2 Å². The Balaban J connectivity index is 0.000000671. The van der Waals surface area contributed by atoms with E-state index in [1.807, 2.05) is 0 Å². The summed E-state index contributed by atoms with van der Waals surface area (Å²) < 4.78 is 0. The van der Waals surface area contributed by atoms with Crippen molar-refractivity contribution in [3.05, 3.63) is 13.2 Å². The normalized spacial score (nSPS) is 17.8. The van der Waals surface area contributed by atoms with E-state index in [2.05, 4.69) is 20.1 Å². The lowest BCUT2D eigenvalue weighted by Gasteiger charge is -2.20. The first-order valence-electron chi connectivity index (χ1n) is 5.34. The molecule has 0 heterocycles. The summed E-state index contributed by atoms with van der Waals surface area (Å²) in [6, 6.07) is 0. The van der Waals surface area contributed by atoms with E-state index in [0.29, 0.717) is 5.78 Å². The molecule has 1 aliphatic rings. The molecule has 0 amide bonds. The molecule has 0 radical (unpaired) electrons. The van der Waals surface area contributed by atoms with Crippen LogP contribution < -0.4 is 0 Å². The van der Waals surface area contributed by atoms with Gasteiger partial charge in [0.05, 0.1) is 0 Å². The molecule has 0 unspecified atom stereocenters. The highest BCUT2D eigenvalue weighted by Gasteiger charge is 2.17. The highest BCUT2D eigenvalue weighted by atomic mass is 16.1. The molecular weight excluding hydrogens is 160 g/mol. The fraction of sp³-hybridized carbons (Fsp3) is 0.750. The molecule has 0 aromatic rings. The van der Waals surface area contributed by atoms with Gasteiger partial charge in [0.15, 0.2) is 0 Å². The van der Waals surface area contributed by atoms with Gasteiger partial charge in [-0.1, -0.05) is 26.2 Å². The van der Waals surface area contributed by atoms with Crippen LogP contribution in [0, 0.1) is 5.92 Å². The molecule has 0 bridgehead atoms. The van der Waals surface area contributed by atoms with Crippen molar-refractivity contribution in [2.24, 2.45) is 5.92 Å². The van der Waals surface area contributed by atoms with Crippen molar-refractivity contribution in [3.63, 3.8) is 0 Å². The monoisotopic (exact) mass is 182 g/mol. The van der Waals surface area contributed by atoms with Crippen molar-refractivity contribution >= 4 is 5.78 Å². The Morgan fingerprint density at radius 3 is 2.31 bits per heavy atom. The Bertz CT molecular complexity index is 130. The predicted molar refractivity (Wildman–Crippen MR) is 57.7 cm³/mol. The van der Waals surface area contributed by atoms with Crippen LogP contribution in [0.25, 0.3) is 0 Å². The fourth-order valence-corrected chi connectivity index (χ4v) is 1.78. The first kappa shape index (κ1) is 12.4. The average molecular weight is 182 g/mol. The minimum absolute atomic E-state index is 0.484. The third kappa shape index (κ3) is 5.62. The van der Waals surface area contributed by atoms with Gasteiger partial charge in [-0.2, -0.15) is 0 Å². The van der Waals surface area contributed by atoms with E-state index in [1.165, 1.54) is 32.1 Å².